The van der Waals surface area contributed by atoms with Gasteiger partial charge in [0.25, 0.3) is 0 Å². The van der Waals surface area contributed by atoms with E-state index in [1.807, 2.05) is 6.92 Å². The van der Waals surface area contributed by atoms with Crippen LogP contribution in [0.4, 0.5) is 0 Å². The van der Waals surface area contributed by atoms with Crippen molar-refractivity contribution in [3.8, 4) is 0 Å². The zero-order valence-corrected chi connectivity index (χ0v) is 26.1. The second-order valence-corrected chi connectivity index (χ2v) is 12.5. The standard InChI is InChI=1S/C30H46BrN3O7/c1-6-10-12-15-33(14-8-3)28(38)26-30-16-21(31)25(41-30)23(24(30)27(37)34(26)20(9-4)18-35)29(39)40-19(5)17-32-22(36)13-11-7-2/h7-8,19-21,23-26,35H,2-3,6,9-18H2,1,4-5H3,(H,32,36)/t19-,20-,21?,23-,24+,25-,26-,30+/m0/s1. The molecule has 2 bridgehead atoms. The number of fused-ring (bicyclic) bond motifs is 1. The van der Waals surface area contributed by atoms with Gasteiger partial charge in [-0.2, -0.15) is 0 Å². The number of carbonyl (C=O) groups is 4. The number of aliphatic hydroxyl groups is 1. The number of nitrogens with zero attached hydrogens (tertiary/aromatic N) is 2. The van der Waals surface area contributed by atoms with Crippen LogP contribution in [0, 0.1) is 11.8 Å². The minimum atomic E-state index is -1.23. The molecule has 3 heterocycles. The Kier molecular flexibility index (Phi) is 12.0. The minimum Gasteiger partial charge on any atom is -0.460 e. The van der Waals surface area contributed by atoms with E-state index >= 15 is 0 Å². The average molecular weight is 641 g/mol. The summed E-state index contributed by atoms with van der Waals surface area (Å²) < 4.78 is 12.3. The molecule has 10 nitrogen and oxygen atoms in total. The predicted molar refractivity (Wildman–Crippen MR) is 158 cm³/mol. The van der Waals surface area contributed by atoms with E-state index in [1.165, 1.54) is 4.90 Å². The fourth-order valence-electron chi connectivity index (χ4n) is 6.49. The van der Waals surface area contributed by atoms with Crippen molar-refractivity contribution in [3.63, 3.8) is 0 Å². The Morgan fingerprint density at radius 2 is 2.02 bits per heavy atom. The Labute approximate surface area is 252 Å². The number of alkyl halides is 1. The second-order valence-electron chi connectivity index (χ2n) is 11.3. The number of likely N-dealkylation sites (tertiary alicyclic amines) is 1. The van der Waals surface area contributed by atoms with Crippen LogP contribution in [0.25, 0.3) is 0 Å². The summed E-state index contributed by atoms with van der Waals surface area (Å²) in [5.74, 6) is -3.23. The summed E-state index contributed by atoms with van der Waals surface area (Å²) in [5, 5.41) is 13.0. The molecule has 3 saturated heterocycles. The number of aliphatic hydroxyl groups excluding tert-OH is 1. The quantitative estimate of drug-likeness (QED) is 0.108. The lowest BCUT2D eigenvalue weighted by Crippen LogP contribution is -2.59. The van der Waals surface area contributed by atoms with Crippen LogP contribution in [-0.2, 0) is 28.7 Å². The van der Waals surface area contributed by atoms with Gasteiger partial charge in [0.05, 0.1) is 37.1 Å². The number of esters is 1. The van der Waals surface area contributed by atoms with Crippen molar-refractivity contribution >= 4 is 39.6 Å². The fraction of sp³-hybridized carbons (Fsp3) is 0.733. The van der Waals surface area contributed by atoms with E-state index in [9.17, 15) is 24.3 Å². The SMILES string of the molecule is C=CCCC(=O)NC[C@H](C)OC(=O)[C@@H]1[C@H]2O[C@@]3(CC2Br)[C@H](C(=O)N(CC=C)CCCCC)N([C@@H](CC)CO)C(=O)[C@@H]13. The Balaban J connectivity index is 1.90. The van der Waals surface area contributed by atoms with Crippen LogP contribution < -0.4 is 5.32 Å². The summed E-state index contributed by atoms with van der Waals surface area (Å²) in [6.45, 7) is 13.7. The van der Waals surface area contributed by atoms with Gasteiger partial charge in [0, 0.05) is 24.3 Å². The molecule has 0 aliphatic carbocycles. The van der Waals surface area contributed by atoms with Crippen molar-refractivity contribution < 1.29 is 33.8 Å². The Morgan fingerprint density at radius 1 is 1.29 bits per heavy atom. The molecule has 1 spiro atoms. The van der Waals surface area contributed by atoms with Gasteiger partial charge in [-0.25, -0.2) is 0 Å². The molecular weight excluding hydrogens is 594 g/mol. The molecule has 1 unspecified atom stereocenters. The molecule has 2 N–H and O–H groups in total. The maximum atomic E-state index is 14.3. The van der Waals surface area contributed by atoms with E-state index in [-0.39, 0.29) is 35.7 Å². The summed E-state index contributed by atoms with van der Waals surface area (Å²) in [7, 11) is 0. The fourth-order valence-corrected chi connectivity index (χ4v) is 7.44. The summed E-state index contributed by atoms with van der Waals surface area (Å²) in [6.07, 6.45) is 6.46. The Hall–Kier alpha value is -2.24. The number of nitrogens with one attached hydrogen (secondary N) is 1. The summed E-state index contributed by atoms with van der Waals surface area (Å²) in [4.78, 5) is 57.0. The third-order valence-corrected chi connectivity index (χ3v) is 9.33. The van der Waals surface area contributed by atoms with Crippen molar-refractivity contribution in [2.24, 2.45) is 11.8 Å². The molecule has 230 valence electrons. The lowest BCUT2D eigenvalue weighted by molar-refractivity contribution is -0.160. The lowest BCUT2D eigenvalue weighted by atomic mass is 9.70. The number of halogens is 1. The van der Waals surface area contributed by atoms with Gasteiger partial charge in [-0.1, -0.05) is 54.8 Å². The average Bonchev–Trinajstić information content (AvgIpc) is 3.54. The van der Waals surface area contributed by atoms with Crippen molar-refractivity contribution in [2.75, 3.05) is 26.2 Å². The largest absolute Gasteiger partial charge is 0.460 e. The Morgan fingerprint density at radius 3 is 2.63 bits per heavy atom. The van der Waals surface area contributed by atoms with E-state index in [0.29, 0.717) is 38.8 Å². The van der Waals surface area contributed by atoms with E-state index in [2.05, 4.69) is 41.3 Å². The van der Waals surface area contributed by atoms with Crippen LogP contribution in [0.15, 0.2) is 25.3 Å². The molecule has 3 rings (SSSR count). The van der Waals surface area contributed by atoms with Gasteiger partial charge in [-0.3, -0.25) is 19.2 Å². The van der Waals surface area contributed by atoms with Crippen molar-refractivity contribution in [1.29, 1.82) is 0 Å². The number of unbranched alkanes of at least 4 members (excludes halogenated alkanes) is 2. The summed E-state index contributed by atoms with van der Waals surface area (Å²) >= 11 is 3.66. The topological polar surface area (TPSA) is 125 Å². The third kappa shape index (κ3) is 6.72. The first-order chi connectivity index (χ1) is 19.6. The number of rotatable bonds is 17. The highest BCUT2D eigenvalue weighted by Gasteiger charge is 2.77. The molecular formula is C30H46BrN3O7. The number of carbonyl (C=O) groups excluding carboxylic acids is 4. The summed E-state index contributed by atoms with van der Waals surface area (Å²) in [6, 6.07) is -1.58. The molecule has 0 saturated carbocycles. The number of amides is 3. The molecule has 0 aromatic heterocycles. The third-order valence-electron chi connectivity index (χ3n) is 8.48. The summed E-state index contributed by atoms with van der Waals surface area (Å²) in [5.41, 5.74) is -1.23. The number of ether oxygens (including phenoxy) is 2. The minimum absolute atomic E-state index is 0.130. The van der Waals surface area contributed by atoms with Crippen molar-refractivity contribution in [3.05, 3.63) is 25.3 Å². The molecule has 8 atom stereocenters. The van der Waals surface area contributed by atoms with E-state index in [1.54, 1.807) is 24.0 Å². The molecule has 0 radical (unpaired) electrons. The molecule has 3 aliphatic heterocycles. The van der Waals surface area contributed by atoms with Crippen LogP contribution in [0.1, 0.15) is 65.7 Å². The molecule has 3 amide bonds. The maximum absolute atomic E-state index is 14.3. The van der Waals surface area contributed by atoms with Crippen LogP contribution in [0.5, 0.6) is 0 Å². The molecule has 0 aromatic rings. The zero-order valence-electron chi connectivity index (χ0n) is 24.6. The first-order valence-corrected chi connectivity index (χ1v) is 15.8. The maximum Gasteiger partial charge on any atom is 0.312 e. The van der Waals surface area contributed by atoms with Gasteiger partial charge in [0.1, 0.15) is 17.7 Å². The van der Waals surface area contributed by atoms with Crippen molar-refractivity contribution in [1.82, 2.24) is 15.1 Å². The van der Waals surface area contributed by atoms with E-state index in [0.717, 1.165) is 19.3 Å². The number of hydrogen-bond acceptors (Lipinski definition) is 7. The first-order valence-electron chi connectivity index (χ1n) is 14.8. The second kappa shape index (κ2) is 14.8. The molecule has 0 aromatic carbocycles. The van der Waals surface area contributed by atoms with Crippen LogP contribution in [0.2, 0.25) is 0 Å². The zero-order chi connectivity index (χ0) is 30.3. The van der Waals surface area contributed by atoms with Gasteiger partial charge in [-0.15, -0.1) is 13.2 Å². The predicted octanol–water partition coefficient (Wildman–Crippen LogP) is 2.72. The van der Waals surface area contributed by atoms with Crippen LogP contribution in [-0.4, -0.2) is 99.6 Å². The van der Waals surface area contributed by atoms with E-state index < -0.39 is 47.7 Å². The highest BCUT2D eigenvalue weighted by molar-refractivity contribution is 9.09. The van der Waals surface area contributed by atoms with Gasteiger partial charge < -0.3 is 29.7 Å². The normalized spacial score (nSPS) is 29.5. The van der Waals surface area contributed by atoms with Crippen LogP contribution >= 0.6 is 15.9 Å². The van der Waals surface area contributed by atoms with Gasteiger partial charge in [0.2, 0.25) is 17.7 Å². The highest BCUT2D eigenvalue weighted by atomic mass is 79.9. The molecule has 3 aliphatic rings. The highest BCUT2D eigenvalue weighted by Crippen LogP contribution is 2.60. The molecule has 11 heteroatoms. The smallest absolute Gasteiger partial charge is 0.312 e. The molecule has 3 fully saturated rings. The van der Waals surface area contributed by atoms with Gasteiger partial charge in [0.15, 0.2) is 0 Å². The number of allylic oxidation sites excluding steroid dienone is 1. The lowest BCUT2D eigenvalue weighted by Gasteiger charge is -2.39. The van der Waals surface area contributed by atoms with Gasteiger partial charge in [-0.05, 0) is 32.6 Å². The van der Waals surface area contributed by atoms with Gasteiger partial charge >= 0.3 is 5.97 Å². The first kappa shape index (κ1) is 33.3. The Bertz CT molecular complexity index is 989. The van der Waals surface area contributed by atoms with E-state index in [4.69, 9.17) is 9.47 Å². The van der Waals surface area contributed by atoms with Crippen molar-refractivity contribution in [2.45, 2.75) is 100 Å². The van der Waals surface area contributed by atoms with Crippen LogP contribution in [0.3, 0.4) is 0 Å². The number of hydrogen-bond donors (Lipinski definition) is 2. The molecule has 41 heavy (non-hydrogen) atoms. The monoisotopic (exact) mass is 639 g/mol.